The maximum Gasteiger partial charge on any atom is 0.209 e. The SMILES string of the molecule is CC(C1=N[C@H](c2ccccc2)CO1)(C1=N[C@H](c2ccccc2)CO1)C1=N[C@H](c2ccccc2)CO1. The molecule has 6 rings (SSSR count). The molecule has 3 aromatic rings. The third-order valence-corrected chi connectivity index (χ3v) is 6.79. The minimum atomic E-state index is -0.948. The molecule has 35 heavy (non-hydrogen) atoms. The molecule has 0 saturated heterocycles. The number of hydrogen-bond donors (Lipinski definition) is 0. The normalized spacial score (nSPS) is 23.6. The molecule has 6 nitrogen and oxygen atoms in total. The van der Waals surface area contributed by atoms with Gasteiger partial charge in [0.2, 0.25) is 17.7 Å². The van der Waals surface area contributed by atoms with E-state index in [4.69, 9.17) is 29.2 Å². The zero-order valence-electron chi connectivity index (χ0n) is 19.6. The molecule has 0 saturated carbocycles. The molecule has 3 aromatic carbocycles. The number of nitrogens with zero attached hydrogens (tertiary/aromatic N) is 3. The van der Waals surface area contributed by atoms with Gasteiger partial charge in [0.25, 0.3) is 0 Å². The molecule has 0 amide bonds. The molecule has 0 aromatic heterocycles. The molecule has 176 valence electrons. The van der Waals surface area contributed by atoms with Crippen LogP contribution < -0.4 is 0 Å². The van der Waals surface area contributed by atoms with Crippen molar-refractivity contribution in [3.05, 3.63) is 108 Å². The molecule has 0 spiro atoms. The van der Waals surface area contributed by atoms with Crippen LogP contribution in [0.4, 0.5) is 0 Å². The van der Waals surface area contributed by atoms with Gasteiger partial charge in [-0.1, -0.05) is 91.0 Å². The van der Waals surface area contributed by atoms with Crippen LogP contribution in [-0.2, 0) is 14.2 Å². The summed E-state index contributed by atoms with van der Waals surface area (Å²) in [5.41, 5.74) is 2.38. The number of benzene rings is 3. The summed E-state index contributed by atoms with van der Waals surface area (Å²) in [4.78, 5) is 15.0. The Kier molecular flexibility index (Phi) is 5.57. The summed E-state index contributed by atoms with van der Waals surface area (Å²) in [7, 11) is 0. The Labute approximate surface area is 205 Å². The maximum atomic E-state index is 6.22. The van der Waals surface area contributed by atoms with Crippen LogP contribution in [0.1, 0.15) is 41.7 Å². The summed E-state index contributed by atoms with van der Waals surface area (Å²) in [5, 5.41) is 0. The first-order valence-electron chi connectivity index (χ1n) is 12.0. The lowest BCUT2D eigenvalue weighted by molar-refractivity contribution is 0.254. The Morgan fingerprint density at radius 3 is 1.09 bits per heavy atom. The van der Waals surface area contributed by atoms with Gasteiger partial charge < -0.3 is 14.2 Å². The van der Waals surface area contributed by atoms with Crippen molar-refractivity contribution < 1.29 is 14.2 Å². The van der Waals surface area contributed by atoms with Crippen LogP contribution in [0.3, 0.4) is 0 Å². The van der Waals surface area contributed by atoms with E-state index in [2.05, 4.69) is 36.4 Å². The highest BCUT2D eigenvalue weighted by Gasteiger charge is 2.52. The van der Waals surface area contributed by atoms with E-state index in [9.17, 15) is 0 Å². The highest BCUT2D eigenvalue weighted by Crippen LogP contribution is 2.40. The maximum absolute atomic E-state index is 6.22. The van der Waals surface area contributed by atoms with E-state index >= 15 is 0 Å². The fourth-order valence-corrected chi connectivity index (χ4v) is 4.75. The van der Waals surface area contributed by atoms with Crippen LogP contribution in [0.25, 0.3) is 0 Å². The average Bonchev–Trinajstić information content (AvgIpc) is 3.71. The number of rotatable bonds is 6. The zero-order valence-corrected chi connectivity index (χ0v) is 19.6. The van der Waals surface area contributed by atoms with Crippen molar-refractivity contribution in [2.75, 3.05) is 19.8 Å². The largest absolute Gasteiger partial charge is 0.477 e. The zero-order chi connectivity index (χ0) is 23.7. The molecule has 0 radical (unpaired) electrons. The molecule has 3 atom stereocenters. The third kappa shape index (κ3) is 3.99. The monoisotopic (exact) mass is 465 g/mol. The summed E-state index contributed by atoms with van der Waals surface area (Å²) in [6.07, 6.45) is 0. The Morgan fingerprint density at radius 2 is 0.800 bits per heavy atom. The van der Waals surface area contributed by atoms with Crippen LogP contribution in [0.15, 0.2) is 106 Å². The third-order valence-electron chi connectivity index (χ3n) is 6.79. The van der Waals surface area contributed by atoms with Crippen LogP contribution in [0.5, 0.6) is 0 Å². The standard InChI is InChI=1S/C29H27N3O3/c1-29(26-30-23(17-33-26)20-11-5-2-6-12-20,27-31-24(18-34-27)21-13-7-3-8-14-21)28-32-25(19-35-28)22-15-9-4-10-16-22/h2-16,23-25H,17-19H2,1H3/t23-,24-,25-/m0/s1. The molecule has 3 aliphatic rings. The van der Waals surface area contributed by atoms with Crippen molar-refractivity contribution in [1.29, 1.82) is 0 Å². The molecule has 0 N–H and O–H groups in total. The lowest BCUT2D eigenvalue weighted by atomic mass is 9.89. The molecule has 6 heteroatoms. The predicted molar refractivity (Wildman–Crippen MR) is 136 cm³/mol. The molecule has 0 bridgehead atoms. The van der Waals surface area contributed by atoms with Crippen molar-refractivity contribution >= 4 is 17.7 Å². The van der Waals surface area contributed by atoms with Gasteiger partial charge in [0.1, 0.15) is 37.9 Å². The highest BCUT2D eigenvalue weighted by molar-refractivity contribution is 6.23. The van der Waals surface area contributed by atoms with Gasteiger partial charge in [-0.3, -0.25) is 0 Å². The van der Waals surface area contributed by atoms with Gasteiger partial charge in [0.05, 0.1) is 0 Å². The Bertz CT molecular complexity index is 1110. The van der Waals surface area contributed by atoms with Crippen LogP contribution in [-0.4, -0.2) is 37.5 Å². The Balaban J connectivity index is 1.39. The molecular formula is C29H27N3O3. The Morgan fingerprint density at radius 1 is 0.514 bits per heavy atom. The molecule has 3 aliphatic heterocycles. The van der Waals surface area contributed by atoms with E-state index < -0.39 is 5.41 Å². The number of aliphatic imine (C=N–C) groups is 3. The number of hydrogen-bond acceptors (Lipinski definition) is 6. The van der Waals surface area contributed by atoms with E-state index in [0.29, 0.717) is 37.5 Å². The van der Waals surface area contributed by atoms with Crippen molar-refractivity contribution in [3.8, 4) is 0 Å². The van der Waals surface area contributed by atoms with Gasteiger partial charge in [-0.25, -0.2) is 15.0 Å². The minimum Gasteiger partial charge on any atom is -0.477 e. The summed E-state index contributed by atoms with van der Waals surface area (Å²) in [6, 6.07) is 30.3. The summed E-state index contributed by atoms with van der Waals surface area (Å²) in [6.45, 7) is 3.37. The fourth-order valence-electron chi connectivity index (χ4n) is 4.75. The second kappa shape index (κ2) is 9.02. The topological polar surface area (TPSA) is 64.8 Å². The van der Waals surface area contributed by atoms with Crippen LogP contribution >= 0.6 is 0 Å². The highest BCUT2D eigenvalue weighted by atomic mass is 16.5. The van der Waals surface area contributed by atoms with E-state index in [1.54, 1.807) is 0 Å². The smallest absolute Gasteiger partial charge is 0.209 e. The quantitative estimate of drug-likeness (QED) is 0.483. The van der Waals surface area contributed by atoms with Crippen molar-refractivity contribution in [3.63, 3.8) is 0 Å². The molecule has 0 aliphatic carbocycles. The van der Waals surface area contributed by atoms with Gasteiger partial charge in [-0.15, -0.1) is 0 Å². The van der Waals surface area contributed by atoms with Gasteiger partial charge >= 0.3 is 0 Å². The van der Waals surface area contributed by atoms with Crippen molar-refractivity contribution in [2.24, 2.45) is 20.4 Å². The summed E-state index contributed by atoms with van der Waals surface area (Å²) in [5.74, 6) is 1.60. The second-order valence-corrected chi connectivity index (χ2v) is 9.14. The van der Waals surface area contributed by atoms with E-state index in [1.165, 1.54) is 0 Å². The van der Waals surface area contributed by atoms with E-state index in [1.807, 2.05) is 61.5 Å². The second-order valence-electron chi connectivity index (χ2n) is 9.14. The summed E-state index contributed by atoms with van der Waals surface area (Å²) >= 11 is 0. The predicted octanol–water partition coefficient (Wildman–Crippen LogP) is 5.50. The minimum absolute atomic E-state index is 0.0932. The molecule has 0 fully saturated rings. The van der Waals surface area contributed by atoms with E-state index in [0.717, 1.165) is 16.7 Å². The van der Waals surface area contributed by atoms with Crippen molar-refractivity contribution in [1.82, 2.24) is 0 Å². The lowest BCUT2D eigenvalue weighted by Crippen LogP contribution is -2.44. The van der Waals surface area contributed by atoms with Gasteiger partial charge in [0, 0.05) is 0 Å². The van der Waals surface area contributed by atoms with Crippen molar-refractivity contribution in [2.45, 2.75) is 25.0 Å². The molecule has 3 heterocycles. The van der Waals surface area contributed by atoms with Crippen LogP contribution in [0, 0.1) is 5.41 Å². The first-order chi connectivity index (χ1) is 17.2. The molecule has 0 unspecified atom stereocenters. The average molecular weight is 466 g/mol. The van der Waals surface area contributed by atoms with E-state index in [-0.39, 0.29) is 18.1 Å². The first-order valence-corrected chi connectivity index (χ1v) is 12.0. The van der Waals surface area contributed by atoms with Gasteiger partial charge in [-0.2, -0.15) is 0 Å². The summed E-state index contributed by atoms with van der Waals surface area (Å²) < 4.78 is 18.7. The fraction of sp³-hybridized carbons (Fsp3) is 0.276. The lowest BCUT2D eigenvalue weighted by Gasteiger charge is -2.26. The van der Waals surface area contributed by atoms with Gasteiger partial charge in [0.15, 0.2) is 5.41 Å². The van der Waals surface area contributed by atoms with Crippen LogP contribution in [0.2, 0.25) is 0 Å². The molecular weight excluding hydrogens is 438 g/mol. The number of ether oxygens (including phenoxy) is 3. The first kappa shape index (κ1) is 21.6. The van der Waals surface area contributed by atoms with Gasteiger partial charge in [-0.05, 0) is 23.6 Å². The Hall–Kier alpha value is -3.93.